The van der Waals surface area contributed by atoms with Crippen molar-refractivity contribution in [1.29, 1.82) is 0 Å². The highest BCUT2D eigenvalue weighted by Crippen LogP contribution is 2.20. The number of ether oxygens (including phenoxy) is 1. The normalized spacial score (nSPS) is 12.4. The number of unbranched alkanes of at least 4 members (excludes halogenated alkanes) is 13. The Labute approximate surface area is 208 Å². The summed E-state index contributed by atoms with van der Waals surface area (Å²) in [6.07, 6.45) is 23.5. The quantitative estimate of drug-likeness (QED) is 0.104. The molecule has 0 aliphatic heterocycles. The van der Waals surface area contributed by atoms with Crippen molar-refractivity contribution in [3.8, 4) is 0 Å². The second kappa shape index (κ2) is 26.0. The molecule has 4 nitrogen and oxygen atoms in total. The van der Waals surface area contributed by atoms with Crippen LogP contribution in [0.1, 0.15) is 136 Å². The van der Waals surface area contributed by atoms with Crippen molar-refractivity contribution >= 4 is 5.97 Å². The van der Waals surface area contributed by atoms with Gasteiger partial charge in [0.15, 0.2) is 0 Å². The van der Waals surface area contributed by atoms with Gasteiger partial charge in [-0.3, -0.25) is 4.79 Å². The number of likely N-dealkylation sites (N-methyl/N-ethyl adjacent to an activating group) is 1. The highest BCUT2D eigenvalue weighted by molar-refractivity contribution is 5.69. The summed E-state index contributed by atoms with van der Waals surface area (Å²) in [7, 11) is 4.22. The van der Waals surface area contributed by atoms with E-state index in [1.165, 1.54) is 103 Å². The van der Waals surface area contributed by atoms with Gasteiger partial charge >= 0.3 is 5.97 Å². The molecule has 33 heavy (non-hydrogen) atoms. The van der Waals surface area contributed by atoms with Crippen molar-refractivity contribution in [2.24, 2.45) is 5.92 Å². The van der Waals surface area contributed by atoms with Gasteiger partial charge in [0.05, 0.1) is 6.61 Å². The molecule has 1 N–H and O–H groups in total. The average Bonchev–Trinajstić information content (AvgIpc) is 2.80. The number of hydrogen-bond donors (Lipinski definition) is 1. The van der Waals surface area contributed by atoms with Crippen LogP contribution < -0.4 is 5.32 Å². The van der Waals surface area contributed by atoms with Gasteiger partial charge in [-0.25, -0.2) is 0 Å². The third kappa shape index (κ3) is 25.8. The van der Waals surface area contributed by atoms with Gasteiger partial charge < -0.3 is 15.0 Å². The third-order valence-corrected chi connectivity index (χ3v) is 6.63. The molecule has 1 atom stereocenters. The summed E-state index contributed by atoms with van der Waals surface area (Å²) in [5, 5.41) is 3.50. The molecule has 0 aromatic heterocycles. The predicted octanol–water partition coefficient (Wildman–Crippen LogP) is 7.75. The van der Waals surface area contributed by atoms with E-state index in [4.69, 9.17) is 4.74 Å². The molecule has 0 bridgehead atoms. The minimum atomic E-state index is 0.0293. The van der Waals surface area contributed by atoms with E-state index < -0.39 is 0 Å². The summed E-state index contributed by atoms with van der Waals surface area (Å²) >= 11 is 0. The smallest absolute Gasteiger partial charge is 0.305 e. The van der Waals surface area contributed by atoms with E-state index in [9.17, 15) is 4.79 Å². The molecule has 0 spiro atoms. The number of rotatable bonds is 26. The van der Waals surface area contributed by atoms with Crippen LogP contribution in [0.25, 0.3) is 0 Å². The standard InChI is InChI=1S/C29H60N2O2/c1-5-7-9-11-14-18-22-28(21-17-10-8-6-2)27-33-29(32)23-19-15-12-13-16-20-24-30-25-26-31(3)4/h28,30H,5-27H2,1-4H3. The number of hydrogen-bond acceptors (Lipinski definition) is 4. The first-order valence-electron chi connectivity index (χ1n) is 14.6. The van der Waals surface area contributed by atoms with Crippen LogP contribution in [0.15, 0.2) is 0 Å². The maximum Gasteiger partial charge on any atom is 0.305 e. The monoisotopic (exact) mass is 468 g/mol. The maximum atomic E-state index is 12.2. The van der Waals surface area contributed by atoms with Crippen LogP contribution in [-0.4, -0.2) is 51.2 Å². The molecule has 0 aromatic rings. The van der Waals surface area contributed by atoms with Gasteiger partial charge in [0, 0.05) is 19.5 Å². The lowest BCUT2D eigenvalue weighted by Gasteiger charge is -2.17. The molecule has 0 heterocycles. The summed E-state index contributed by atoms with van der Waals surface area (Å²) in [4.78, 5) is 14.4. The summed E-state index contributed by atoms with van der Waals surface area (Å²) in [5.41, 5.74) is 0. The summed E-state index contributed by atoms with van der Waals surface area (Å²) in [6.45, 7) is 8.50. The fourth-order valence-corrected chi connectivity index (χ4v) is 4.32. The first-order valence-corrected chi connectivity index (χ1v) is 14.6. The van der Waals surface area contributed by atoms with E-state index in [0.29, 0.717) is 18.9 Å². The van der Waals surface area contributed by atoms with Crippen molar-refractivity contribution in [3.05, 3.63) is 0 Å². The third-order valence-electron chi connectivity index (χ3n) is 6.63. The number of nitrogens with one attached hydrogen (secondary N) is 1. The lowest BCUT2D eigenvalue weighted by Crippen LogP contribution is -2.27. The Bertz CT molecular complexity index is 401. The Kier molecular flexibility index (Phi) is 25.5. The molecule has 4 heteroatoms. The Balaban J connectivity index is 3.76. The van der Waals surface area contributed by atoms with E-state index in [-0.39, 0.29) is 5.97 Å². The Morgan fingerprint density at radius 3 is 1.82 bits per heavy atom. The van der Waals surface area contributed by atoms with Crippen LogP contribution in [0.4, 0.5) is 0 Å². The molecule has 0 amide bonds. The molecule has 1 unspecified atom stereocenters. The van der Waals surface area contributed by atoms with Crippen LogP contribution in [0.5, 0.6) is 0 Å². The first-order chi connectivity index (χ1) is 16.1. The first kappa shape index (κ1) is 32.4. The van der Waals surface area contributed by atoms with Gasteiger partial charge in [0.2, 0.25) is 0 Å². The van der Waals surface area contributed by atoms with Crippen molar-refractivity contribution in [2.45, 2.75) is 136 Å². The summed E-state index contributed by atoms with van der Waals surface area (Å²) in [6, 6.07) is 0. The highest BCUT2D eigenvalue weighted by Gasteiger charge is 2.12. The Morgan fingerprint density at radius 2 is 1.21 bits per heavy atom. The molecule has 0 saturated carbocycles. The molecule has 0 aliphatic rings. The highest BCUT2D eigenvalue weighted by atomic mass is 16.5. The average molecular weight is 469 g/mol. The lowest BCUT2D eigenvalue weighted by atomic mass is 9.95. The van der Waals surface area contributed by atoms with E-state index in [2.05, 4.69) is 38.2 Å². The molecular weight excluding hydrogens is 408 g/mol. The minimum Gasteiger partial charge on any atom is -0.465 e. The topological polar surface area (TPSA) is 41.6 Å². The zero-order valence-corrected chi connectivity index (χ0v) is 23.1. The zero-order chi connectivity index (χ0) is 24.4. The lowest BCUT2D eigenvalue weighted by molar-refractivity contribution is -0.145. The number of nitrogens with zero attached hydrogens (tertiary/aromatic N) is 1. The van der Waals surface area contributed by atoms with E-state index in [1.54, 1.807) is 0 Å². The number of carbonyl (C=O) groups excluding carboxylic acids is 1. The van der Waals surface area contributed by atoms with Gasteiger partial charge in [-0.05, 0) is 52.2 Å². The molecule has 0 rings (SSSR count). The SMILES string of the molecule is CCCCCCCCC(CCCCCC)COC(=O)CCCCCCCCNCCN(C)C. The second-order valence-corrected chi connectivity index (χ2v) is 10.4. The fraction of sp³-hybridized carbons (Fsp3) is 0.966. The molecule has 198 valence electrons. The van der Waals surface area contributed by atoms with Crippen molar-refractivity contribution in [1.82, 2.24) is 10.2 Å². The van der Waals surface area contributed by atoms with Gasteiger partial charge in [0.25, 0.3) is 0 Å². The van der Waals surface area contributed by atoms with E-state index in [1.807, 2.05) is 0 Å². The van der Waals surface area contributed by atoms with Crippen LogP contribution in [-0.2, 0) is 9.53 Å². The Hall–Kier alpha value is -0.610. The second-order valence-electron chi connectivity index (χ2n) is 10.4. The Morgan fingerprint density at radius 1 is 0.697 bits per heavy atom. The molecule has 0 aliphatic carbocycles. The fourth-order valence-electron chi connectivity index (χ4n) is 4.32. The van der Waals surface area contributed by atoms with Crippen LogP contribution in [0, 0.1) is 5.92 Å². The minimum absolute atomic E-state index is 0.0293. The van der Waals surface area contributed by atoms with Crippen molar-refractivity contribution in [2.75, 3.05) is 40.3 Å². The van der Waals surface area contributed by atoms with Gasteiger partial charge in [-0.2, -0.15) is 0 Å². The molecule has 0 aromatic carbocycles. The summed E-state index contributed by atoms with van der Waals surface area (Å²) in [5.74, 6) is 0.602. The molecule has 0 radical (unpaired) electrons. The van der Waals surface area contributed by atoms with Crippen LogP contribution in [0.3, 0.4) is 0 Å². The molecule has 0 fully saturated rings. The van der Waals surface area contributed by atoms with Crippen LogP contribution in [0.2, 0.25) is 0 Å². The van der Waals surface area contributed by atoms with Crippen molar-refractivity contribution in [3.63, 3.8) is 0 Å². The van der Waals surface area contributed by atoms with Crippen LogP contribution >= 0.6 is 0 Å². The predicted molar refractivity (Wildman–Crippen MR) is 145 cm³/mol. The number of esters is 1. The van der Waals surface area contributed by atoms with Gasteiger partial charge in [-0.1, -0.05) is 104 Å². The number of carbonyl (C=O) groups is 1. The van der Waals surface area contributed by atoms with E-state index >= 15 is 0 Å². The molecule has 0 saturated heterocycles. The summed E-state index contributed by atoms with van der Waals surface area (Å²) < 4.78 is 5.71. The van der Waals surface area contributed by atoms with Gasteiger partial charge in [0.1, 0.15) is 0 Å². The largest absolute Gasteiger partial charge is 0.465 e. The molecular formula is C29H60N2O2. The van der Waals surface area contributed by atoms with E-state index in [0.717, 1.165) is 32.5 Å². The van der Waals surface area contributed by atoms with Crippen molar-refractivity contribution < 1.29 is 9.53 Å². The maximum absolute atomic E-state index is 12.2. The van der Waals surface area contributed by atoms with Gasteiger partial charge in [-0.15, -0.1) is 0 Å². The zero-order valence-electron chi connectivity index (χ0n) is 23.1.